The summed E-state index contributed by atoms with van der Waals surface area (Å²) in [6, 6.07) is 14.0. The third-order valence-electron chi connectivity index (χ3n) is 3.30. The number of hydrogen-bond acceptors (Lipinski definition) is 2. The highest BCUT2D eigenvalue weighted by Gasteiger charge is 2.08. The van der Waals surface area contributed by atoms with Crippen LogP contribution >= 0.6 is 0 Å². The number of para-hydroxylation sites is 2. The van der Waals surface area contributed by atoms with Gasteiger partial charge in [0.05, 0.1) is 16.7 Å². The second-order valence-corrected chi connectivity index (χ2v) is 4.87. The third kappa shape index (κ3) is 2.02. The number of fused-ring (bicyclic) bond motifs is 1. The summed E-state index contributed by atoms with van der Waals surface area (Å²) >= 11 is 0. The van der Waals surface area contributed by atoms with Crippen LogP contribution in [0.25, 0.3) is 22.4 Å². The number of nitrogens with zero attached hydrogens (tertiary/aromatic N) is 2. The van der Waals surface area contributed by atoms with E-state index in [1.165, 1.54) is 0 Å². The van der Waals surface area contributed by atoms with Gasteiger partial charge in [-0.2, -0.15) is 0 Å². The zero-order chi connectivity index (χ0) is 14.1. The molecule has 0 spiro atoms. The van der Waals surface area contributed by atoms with Gasteiger partial charge in [-0.1, -0.05) is 18.1 Å². The number of aromatic amines is 1. The van der Waals surface area contributed by atoms with E-state index >= 15 is 0 Å². The zero-order valence-corrected chi connectivity index (χ0v) is 11.5. The molecule has 0 aliphatic heterocycles. The molecular weight excluding hydrogens is 246 g/mol. The lowest BCUT2D eigenvalue weighted by Crippen LogP contribution is -2.10. The molecule has 20 heavy (non-hydrogen) atoms. The normalized spacial score (nSPS) is 10.4. The molecule has 3 nitrogen and oxygen atoms in total. The third-order valence-corrected chi connectivity index (χ3v) is 3.30. The monoisotopic (exact) mass is 261 g/mol. The van der Waals surface area contributed by atoms with E-state index in [2.05, 4.69) is 15.9 Å². The molecule has 0 saturated carbocycles. The van der Waals surface area contributed by atoms with Crippen LogP contribution in [0, 0.1) is 12.3 Å². The first kappa shape index (κ1) is 12.3. The average Bonchev–Trinajstić information content (AvgIpc) is 2.90. The number of rotatable bonds is 2. The predicted molar refractivity (Wildman–Crippen MR) is 83.8 cm³/mol. The molecule has 0 radical (unpaired) electrons. The number of imidazole rings is 1. The zero-order valence-electron chi connectivity index (χ0n) is 11.5. The second kappa shape index (κ2) is 4.75. The molecule has 0 atom stereocenters. The minimum atomic E-state index is 0.841. The molecule has 98 valence electrons. The van der Waals surface area contributed by atoms with E-state index in [1.807, 2.05) is 61.5 Å². The van der Waals surface area contributed by atoms with Crippen molar-refractivity contribution in [2.24, 2.45) is 0 Å². The Bertz CT molecular complexity index is 773. The number of H-pyrrole nitrogens is 1. The van der Waals surface area contributed by atoms with Crippen LogP contribution in [0.4, 0.5) is 5.69 Å². The molecular formula is C17H15N3. The molecule has 0 bridgehead atoms. The molecule has 0 fully saturated rings. The molecule has 1 heterocycles. The van der Waals surface area contributed by atoms with Gasteiger partial charge in [0.15, 0.2) is 0 Å². The maximum Gasteiger partial charge on any atom is 0.138 e. The van der Waals surface area contributed by atoms with Crippen molar-refractivity contribution in [1.82, 2.24) is 9.97 Å². The molecule has 2 aromatic carbocycles. The summed E-state index contributed by atoms with van der Waals surface area (Å²) < 4.78 is 0. The number of aromatic nitrogens is 2. The van der Waals surface area contributed by atoms with E-state index in [9.17, 15) is 0 Å². The number of terminal acetylenes is 1. The second-order valence-electron chi connectivity index (χ2n) is 4.87. The Morgan fingerprint density at radius 1 is 1.15 bits per heavy atom. The standard InChI is InChI=1S/C17H15N3/c1-4-12-11-13(9-10-16(12)20(2)3)17-18-14-7-5-6-8-15(14)19-17/h1,5-11H,2-3H3,(H,18,19). The van der Waals surface area contributed by atoms with Crippen LogP contribution in [0.3, 0.4) is 0 Å². The Hall–Kier alpha value is -2.73. The van der Waals surface area contributed by atoms with E-state index in [0.717, 1.165) is 33.7 Å². The number of benzene rings is 2. The van der Waals surface area contributed by atoms with Crippen LogP contribution in [0.1, 0.15) is 5.56 Å². The van der Waals surface area contributed by atoms with E-state index in [-0.39, 0.29) is 0 Å². The number of anilines is 1. The van der Waals surface area contributed by atoms with Gasteiger partial charge in [0, 0.05) is 25.2 Å². The minimum absolute atomic E-state index is 0.841. The van der Waals surface area contributed by atoms with Gasteiger partial charge in [-0.15, -0.1) is 6.42 Å². The van der Waals surface area contributed by atoms with Crippen LogP contribution in [0.2, 0.25) is 0 Å². The summed E-state index contributed by atoms with van der Waals surface area (Å²) in [6.45, 7) is 0. The molecule has 1 N–H and O–H groups in total. The molecule has 0 aliphatic carbocycles. The fourth-order valence-corrected chi connectivity index (χ4v) is 2.28. The van der Waals surface area contributed by atoms with E-state index in [0.29, 0.717) is 0 Å². The largest absolute Gasteiger partial charge is 0.377 e. The smallest absolute Gasteiger partial charge is 0.138 e. The Morgan fingerprint density at radius 2 is 1.95 bits per heavy atom. The summed E-state index contributed by atoms with van der Waals surface area (Å²) in [5.41, 5.74) is 4.89. The number of nitrogens with one attached hydrogen (secondary N) is 1. The van der Waals surface area contributed by atoms with Crippen molar-refractivity contribution in [3.05, 3.63) is 48.0 Å². The van der Waals surface area contributed by atoms with Crippen molar-refractivity contribution in [3.63, 3.8) is 0 Å². The fraction of sp³-hybridized carbons (Fsp3) is 0.118. The van der Waals surface area contributed by atoms with Crippen molar-refractivity contribution in [3.8, 4) is 23.7 Å². The molecule has 0 saturated heterocycles. The summed E-state index contributed by atoms with van der Waals surface area (Å²) in [7, 11) is 3.97. The first-order valence-corrected chi connectivity index (χ1v) is 6.42. The Labute approximate surface area is 118 Å². The first-order chi connectivity index (χ1) is 9.69. The summed E-state index contributed by atoms with van der Waals surface area (Å²) in [6.07, 6.45) is 5.60. The lowest BCUT2D eigenvalue weighted by atomic mass is 10.1. The lowest BCUT2D eigenvalue weighted by molar-refractivity contribution is 1.13. The Kier molecular flexibility index (Phi) is 2.92. The maximum atomic E-state index is 5.60. The highest BCUT2D eigenvalue weighted by atomic mass is 15.1. The van der Waals surface area contributed by atoms with Gasteiger partial charge >= 0.3 is 0 Å². The molecule has 0 amide bonds. The van der Waals surface area contributed by atoms with Crippen LogP contribution in [-0.4, -0.2) is 24.1 Å². The Morgan fingerprint density at radius 3 is 2.65 bits per heavy atom. The van der Waals surface area contributed by atoms with E-state index in [1.54, 1.807) is 0 Å². The summed E-state index contributed by atoms with van der Waals surface area (Å²) in [5.74, 6) is 3.58. The molecule has 3 heteroatoms. The molecule has 3 rings (SSSR count). The molecule has 1 aromatic heterocycles. The van der Waals surface area contributed by atoms with Gasteiger partial charge in [0.1, 0.15) is 5.82 Å². The quantitative estimate of drug-likeness (QED) is 0.718. The van der Waals surface area contributed by atoms with Crippen LogP contribution in [-0.2, 0) is 0 Å². The molecule has 3 aromatic rings. The minimum Gasteiger partial charge on any atom is -0.377 e. The Balaban J connectivity index is 2.12. The fourth-order valence-electron chi connectivity index (χ4n) is 2.28. The van der Waals surface area contributed by atoms with Crippen molar-refractivity contribution in [2.75, 3.05) is 19.0 Å². The lowest BCUT2D eigenvalue weighted by Gasteiger charge is -2.15. The average molecular weight is 261 g/mol. The molecule has 0 aliphatic rings. The van der Waals surface area contributed by atoms with Gasteiger partial charge in [-0.3, -0.25) is 0 Å². The van der Waals surface area contributed by atoms with Crippen LogP contribution in [0.15, 0.2) is 42.5 Å². The van der Waals surface area contributed by atoms with Crippen molar-refractivity contribution in [1.29, 1.82) is 0 Å². The van der Waals surface area contributed by atoms with Gasteiger partial charge in [0.25, 0.3) is 0 Å². The first-order valence-electron chi connectivity index (χ1n) is 6.42. The van der Waals surface area contributed by atoms with Gasteiger partial charge in [-0.25, -0.2) is 4.98 Å². The van der Waals surface area contributed by atoms with Gasteiger partial charge in [-0.05, 0) is 30.3 Å². The SMILES string of the molecule is C#Cc1cc(-c2nc3ccccc3[nH]2)ccc1N(C)C. The number of hydrogen-bond donors (Lipinski definition) is 1. The van der Waals surface area contributed by atoms with Crippen molar-refractivity contribution >= 4 is 16.7 Å². The van der Waals surface area contributed by atoms with Crippen molar-refractivity contribution < 1.29 is 0 Å². The van der Waals surface area contributed by atoms with E-state index in [4.69, 9.17) is 6.42 Å². The van der Waals surface area contributed by atoms with Gasteiger partial charge < -0.3 is 9.88 Å². The molecule has 0 unspecified atom stereocenters. The van der Waals surface area contributed by atoms with Crippen LogP contribution < -0.4 is 4.90 Å². The van der Waals surface area contributed by atoms with Crippen molar-refractivity contribution in [2.45, 2.75) is 0 Å². The van der Waals surface area contributed by atoms with E-state index < -0.39 is 0 Å². The van der Waals surface area contributed by atoms with Gasteiger partial charge in [0.2, 0.25) is 0 Å². The predicted octanol–water partition coefficient (Wildman–Crippen LogP) is 3.28. The summed E-state index contributed by atoms with van der Waals surface area (Å²) in [4.78, 5) is 9.93. The summed E-state index contributed by atoms with van der Waals surface area (Å²) in [5, 5.41) is 0. The maximum absolute atomic E-state index is 5.60. The highest BCUT2D eigenvalue weighted by molar-refractivity contribution is 5.80. The van der Waals surface area contributed by atoms with Crippen LogP contribution in [0.5, 0.6) is 0 Å². The highest BCUT2D eigenvalue weighted by Crippen LogP contribution is 2.26. The topological polar surface area (TPSA) is 31.9 Å².